The van der Waals surface area contributed by atoms with Gasteiger partial charge in [-0.3, -0.25) is 9.36 Å². The maximum Gasteiger partial charge on any atom is 0.181 e. The van der Waals surface area contributed by atoms with Crippen molar-refractivity contribution in [2.24, 2.45) is 7.05 Å². The van der Waals surface area contributed by atoms with Gasteiger partial charge in [-0.25, -0.2) is 4.98 Å². The lowest BCUT2D eigenvalue weighted by atomic mass is 10.2. The zero-order valence-electron chi connectivity index (χ0n) is 11.3. The maximum absolute atomic E-state index is 5.67. The van der Waals surface area contributed by atoms with Gasteiger partial charge in [-0.15, -0.1) is 0 Å². The number of benzene rings is 1. The van der Waals surface area contributed by atoms with Gasteiger partial charge in [0.1, 0.15) is 6.33 Å². The average molecular weight is 268 g/mol. The fourth-order valence-corrected chi connectivity index (χ4v) is 2.01. The normalized spacial score (nSPS) is 10.8. The minimum Gasteiger partial charge on any atom is -0.399 e. The summed E-state index contributed by atoms with van der Waals surface area (Å²) in [7, 11) is 1.91. The molecule has 0 aliphatic rings. The number of aromatic nitrogens is 5. The van der Waals surface area contributed by atoms with Crippen molar-refractivity contribution in [3.63, 3.8) is 0 Å². The summed E-state index contributed by atoms with van der Waals surface area (Å²) in [4.78, 5) is 4.32. The Bertz CT molecular complexity index is 695. The molecule has 0 fully saturated rings. The van der Waals surface area contributed by atoms with E-state index in [-0.39, 0.29) is 0 Å². The Balaban J connectivity index is 1.69. The van der Waals surface area contributed by atoms with Gasteiger partial charge in [-0.05, 0) is 36.2 Å². The van der Waals surface area contributed by atoms with Gasteiger partial charge in [0.2, 0.25) is 0 Å². The molecule has 0 saturated heterocycles. The smallest absolute Gasteiger partial charge is 0.181 e. The first-order chi connectivity index (χ1) is 9.70. The molecule has 0 spiro atoms. The number of nitrogen functional groups attached to an aromatic ring is 1. The predicted octanol–water partition coefficient (Wildman–Crippen LogP) is 1.50. The summed E-state index contributed by atoms with van der Waals surface area (Å²) in [5.74, 6) is 0.719. The summed E-state index contributed by atoms with van der Waals surface area (Å²) < 4.78 is 3.65. The number of hydrogen-bond acceptors (Lipinski definition) is 4. The van der Waals surface area contributed by atoms with E-state index in [0.717, 1.165) is 30.0 Å². The molecule has 1 aromatic carbocycles. The van der Waals surface area contributed by atoms with Crippen LogP contribution >= 0.6 is 0 Å². The standard InChI is InChI=1S/C14H16N6/c1-19-9-11(8-17-19)6-7-20-10-16-14(18-20)12-2-4-13(15)5-3-12/h2-5,8-10H,6-7,15H2,1H3. The topological polar surface area (TPSA) is 74.5 Å². The second kappa shape index (κ2) is 5.16. The third-order valence-corrected chi connectivity index (χ3v) is 3.09. The van der Waals surface area contributed by atoms with E-state index in [9.17, 15) is 0 Å². The third kappa shape index (κ3) is 2.69. The van der Waals surface area contributed by atoms with Crippen LogP contribution in [0.2, 0.25) is 0 Å². The molecule has 6 heteroatoms. The molecule has 102 valence electrons. The van der Waals surface area contributed by atoms with Gasteiger partial charge in [0.05, 0.1) is 6.20 Å². The fourth-order valence-electron chi connectivity index (χ4n) is 2.01. The Morgan fingerprint density at radius 2 is 2.00 bits per heavy atom. The van der Waals surface area contributed by atoms with Gasteiger partial charge >= 0.3 is 0 Å². The molecular formula is C14H16N6. The zero-order chi connectivity index (χ0) is 13.9. The molecule has 0 unspecified atom stereocenters. The average Bonchev–Trinajstić information content (AvgIpc) is 3.06. The molecule has 6 nitrogen and oxygen atoms in total. The van der Waals surface area contributed by atoms with E-state index in [1.807, 2.05) is 48.4 Å². The van der Waals surface area contributed by atoms with Crippen LogP contribution in [0.1, 0.15) is 5.56 Å². The number of nitrogens with two attached hydrogens (primary N) is 1. The summed E-state index contributed by atoms with van der Waals surface area (Å²) in [5.41, 5.74) is 8.57. The van der Waals surface area contributed by atoms with Crippen molar-refractivity contribution >= 4 is 5.69 Å². The van der Waals surface area contributed by atoms with Crippen molar-refractivity contribution in [1.29, 1.82) is 0 Å². The Hall–Kier alpha value is -2.63. The van der Waals surface area contributed by atoms with E-state index >= 15 is 0 Å². The van der Waals surface area contributed by atoms with E-state index in [1.165, 1.54) is 5.56 Å². The lowest BCUT2D eigenvalue weighted by Crippen LogP contribution is -2.01. The fraction of sp³-hybridized carbons (Fsp3) is 0.214. The molecule has 2 aromatic heterocycles. The molecule has 0 atom stereocenters. The van der Waals surface area contributed by atoms with E-state index in [1.54, 1.807) is 11.0 Å². The molecule has 2 N–H and O–H groups in total. The van der Waals surface area contributed by atoms with Crippen molar-refractivity contribution < 1.29 is 0 Å². The van der Waals surface area contributed by atoms with Gasteiger partial charge < -0.3 is 5.73 Å². The van der Waals surface area contributed by atoms with Gasteiger partial charge in [0.15, 0.2) is 5.82 Å². The Labute approximate surface area is 116 Å². The zero-order valence-corrected chi connectivity index (χ0v) is 11.3. The van der Waals surface area contributed by atoms with E-state index < -0.39 is 0 Å². The molecule has 3 aromatic rings. The summed E-state index contributed by atoms with van der Waals surface area (Å²) >= 11 is 0. The van der Waals surface area contributed by atoms with E-state index in [0.29, 0.717) is 0 Å². The Morgan fingerprint density at radius 3 is 2.70 bits per heavy atom. The summed E-state index contributed by atoms with van der Waals surface area (Å²) in [5, 5.41) is 8.62. The molecule has 2 heterocycles. The van der Waals surface area contributed by atoms with E-state index in [2.05, 4.69) is 15.2 Å². The van der Waals surface area contributed by atoms with Crippen LogP contribution in [-0.2, 0) is 20.0 Å². The van der Waals surface area contributed by atoms with E-state index in [4.69, 9.17) is 5.73 Å². The number of rotatable bonds is 4. The van der Waals surface area contributed by atoms with Crippen molar-refractivity contribution in [2.75, 3.05) is 5.73 Å². The van der Waals surface area contributed by atoms with Gasteiger partial charge in [0, 0.05) is 31.0 Å². The van der Waals surface area contributed by atoms with Crippen LogP contribution in [0.5, 0.6) is 0 Å². The third-order valence-electron chi connectivity index (χ3n) is 3.09. The predicted molar refractivity (Wildman–Crippen MR) is 76.8 cm³/mol. The molecule has 0 radical (unpaired) electrons. The van der Waals surface area contributed by atoms with Crippen LogP contribution in [-0.4, -0.2) is 24.5 Å². The quantitative estimate of drug-likeness (QED) is 0.728. The molecule has 0 bridgehead atoms. The van der Waals surface area contributed by atoms with Crippen LogP contribution in [0.15, 0.2) is 43.0 Å². The van der Waals surface area contributed by atoms with Gasteiger partial charge in [-0.1, -0.05) is 0 Å². The summed E-state index contributed by atoms with van der Waals surface area (Å²) in [6.07, 6.45) is 6.52. The maximum atomic E-state index is 5.67. The Kier molecular flexibility index (Phi) is 3.20. The highest BCUT2D eigenvalue weighted by Crippen LogP contribution is 2.15. The highest BCUT2D eigenvalue weighted by atomic mass is 15.3. The van der Waals surface area contributed by atoms with Crippen molar-refractivity contribution in [1.82, 2.24) is 24.5 Å². The van der Waals surface area contributed by atoms with Crippen LogP contribution in [0, 0.1) is 0 Å². The minimum atomic E-state index is 0.719. The van der Waals surface area contributed by atoms with Crippen molar-refractivity contribution in [2.45, 2.75) is 13.0 Å². The number of hydrogen-bond donors (Lipinski definition) is 1. The highest BCUT2D eigenvalue weighted by molar-refractivity contribution is 5.57. The Morgan fingerprint density at radius 1 is 1.20 bits per heavy atom. The lowest BCUT2D eigenvalue weighted by molar-refractivity contribution is 0.614. The monoisotopic (exact) mass is 268 g/mol. The number of anilines is 1. The second-order valence-corrected chi connectivity index (χ2v) is 4.73. The van der Waals surface area contributed by atoms with Crippen molar-refractivity contribution in [3.05, 3.63) is 48.5 Å². The lowest BCUT2D eigenvalue weighted by Gasteiger charge is -1.98. The first kappa shape index (κ1) is 12.4. The minimum absolute atomic E-state index is 0.719. The van der Waals surface area contributed by atoms with Crippen LogP contribution in [0.25, 0.3) is 11.4 Å². The molecule has 0 saturated carbocycles. The molecule has 3 rings (SSSR count). The molecule has 20 heavy (non-hydrogen) atoms. The first-order valence-corrected chi connectivity index (χ1v) is 6.43. The van der Waals surface area contributed by atoms with Crippen LogP contribution in [0.4, 0.5) is 5.69 Å². The molecule has 0 aliphatic carbocycles. The van der Waals surface area contributed by atoms with Crippen LogP contribution in [0.3, 0.4) is 0 Å². The van der Waals surface area contributed by atoms with Gasteiger partial charge in [0.25, 0.3) is 0 Å². The van der Waals surface area contributed by atoms with Gasteiger partial charge in [-0.2, -0.15) is 10.2 Å². The largest absolute Gasteiger partial charge is 0.399 e. The van der Waals surface area contributed by atoms with Crippen LogP contribution < -0.4 is 5.73 Å². The molecule has 0 aliphatic heterocycles. The second-order valence-electron chi connectivity index (χ2n) is 4.73. The summed E-state index contributed by atoms with van der Waals surface area (Å²) in [6.45, 7) is 0.785. The molecule has 0 amide bonds. The number of aryl methyl sites for hydroxylation is 3. The van der Waals surface area contributed by atoms with Crippen molar-refractivity contribution in [3.8, 4) is 11.4 Å². The summed E-state index contributed by atoms with van der Waals surface area (Å²) in [6, 6.07) is 7.56. The molecular weight excluding hydrogens is 252 g/mol. The SMILES string of the molecule is Cn1cc(CCn2cnc(-c3ccc(N)cc3)n2)cn1. The first-order valence-electron chi connectivity index (χ1n) is 6.43. The number of nitrogens with zero attached hydrogens (tertiary/aromatic N) is 5. The highest BCUT2D eigenvalue weighted by Gasteiger charge is 2.04.